The standard InChI is InChI=1S/C29H27F4NO2/c30-23-10-7-20(8-11-23)19-36-28-12-9-22(29(31,32)33)18-27(28)26-6-2-5-25(26)21-3-1-4-24(17-21)34-13-15-35-16-14-34/h1,3-4,7-12,17-18H,2,5-6,13-16,19H2. The Kier molecular flexibility index (Phi) is 7.01. The van der Waals surface area contributed by atoms with Gasteiger partial charge in [0, 0.05) is 24.3 Å². The molecule has 188 valence electrons. The molecular weight excluding hydrogens is 470 g/mol. The summed E-state index contributed by atoms with van der Waals surface area (Å²) in [7, 11) is 0. The van der Waals surface area contributed by atoms with Crippen molar-refractivity contribution in [3.05, 3.63) is 94.8 Å². The third-order valence-corrected chi connectivity index (χ3v) is 6.73. The van der Waals surface area contributed by atoms with Gasteiger partial charge in [-0.15, -0.1) is 0 Å². The summed E-state index contributed by atoms with van der Waals surface area (Å²) in [4.78, 5) is 2.27. The summed E-state index contributed by atoms with van der Waals surface area (Å²) >= 11 is 0. The average Bonchev–Trinajstić information content (AvgIpc) is 3.38. The summed E-state index contributed by atoms with van der Waals surface area (Å²) < 4.78 is 65.7. The molecule has 0 bridgehead atoms. The SMILES string of the molecule is Fc1ccc(COc2ccc(C(F)(F)F)cc2C2=C(c3cccc(N4CCOCC4)c3)CCC2)cc1. The first-order valence-electron chi connectivity index (χ1n) is 12.1. The monoisotopic (exact) mass is 497 g/mol. The first-order valence-corrected chi connectivity index (χ1v) is 12.1. The Bertz CT molecular complexity index is 1240. The highest BCUT2D eigenvalue weighted by Crippen LogP contribution is 2.45. The quantitative estimate of drug-likeness (QED) is 0.332. The van der Waals surface area contributed by atoms with E-state index in [0.29, 0.717) is 30.9 Å². The zero-order valence-electron chi connectivity index (χ0n) is 19.8. The van der Waals surface area contributed by atoms with Crippen molar-refractivity contribution >= 4 is 16.8 Å². The molecule has 1 heterocycles. The fourth-order valence-corrected chi connectivity index (χ4v) is 4.88. The number of ether oxygens (including phenoxy) is 2. The second kappa shape index (κ2) is 10.3. The second-order valence-electron chi connectivity index (χ2n) is 9.08. The molecule has 1 aliphatic carbocycles. The van der Waals surface area contributed by atoms with Crippen molar-refractivity contribution < 1.29 is 27.0 Å². The van der Waals surface area contributed by atoms with Gasteiger partial charge in [0.25, 0.3) is 0 Å². The number of anilines is 1. The van der Waals surface area contributed by atoms with Crippen molar-refractivity contribution in [2.45, 2.75) is 32.0 Å². The van der Waals surface area contributed by atoms with Crippen molar-refractivity contribution in [1.29, 1.82) is 0 Å². The smallest absolute Gasteiger partial charge is 0.416 e. The van der Waals surface area contributed by atoms with Crippen LogP contribution in [0.15, 0.2) is 66.7 Å². The van der Waals surface area contributed by atoms with Gasteiger partial charge in [-0.2, -0.15) is 13.2 Å². The summed E-state index contributed by atoms with van der Waals surface area (Å²) in [5.41, 5.74) is 4.55. The van der Waals surface area contributed by atoms with Gasteiger partial charge in [-0.1, -0.05) is 24.3 Å². The molecule has 3 aromatic carbocycles. The number of alkyl halides is 3. The Morgan fingerprint density at radius 3 is 2.36 bits per heavy atom. The molecule has 0 saturated carbocycles. The highest BCUT2D eigenvalue weighted by atomic mass is 19.4. The van der Waals surface area contributed by atoms with Crippen LogP contribution < -0.4 is 9.64 Å². The number of rotatable bonds is 6. The van der Waals surface area contributed by atoms with Crippen LogP contribution in [0.25, 0.3) is 11.1 Å². The zero-order valence-corrected chi connectivity index (χ0v) is 19.8. The largest absolute Gasteiger partial charge is 0.488 e. The topological polar surface area (TPSA) is 21.7 Å². The van der Waals surface area contributed by atoms with E-state index in [-0.39, 0.29) is 12.4 Å². The van der Waals surface area contributed by atoms with Crippen LogP contribution in [0.1, 0.15) is 41.5 Å². The predicted octanol–water partition coefficient (Wildman–Crippen LogP) is 7.35. The van der Waals surface area contributed by atoms with E-state index >= 15 is 0 Å². The van der Waals surface area contributed by atoms with Gasteiger partial charge in [0.05, 0.1) is 18.8 Å². The zero-order chi connectivity index (χ0) is 25.1. The van der Waals surface area contributed by atoms with Crippen LogP contribution >= 0.6 is 0 Å². The van der Waals surface area contributed by atoms with E-state index in [1.54, 1.807) is 12.1 Å². The number of hydrogen-bond donors (Lipinski definition) is 0. The number of halogens is 4. The third-order valence-electron chi connectivity index (χ3n) is 6.73. The first-order chi connectivity index (χ1) is 17.4. The van der Waals surface area contributed by atoms with Crippen molar-refractivity contribution in [2.75, 3.05) is 31.2 Å². The summed E-state index contributed by atoms with van der Waals surface area (Å²) in [6.45, 7) is 3.11. The number of morpholine rings is 1. The van der Waals surface area contributed by atoms with Crippen molar-refractivity contribution in [3.8, 4) is 5.75 Å². The maximum absolute atomic E-state index is 13.6. The van der Waals surface area contributed by atoms with E-state index in [1.165, 1.54) is 24.3 Å². The van der Waals surface area contributed by atoms with Crippen LogP contribution in [0.4, 0.5) is 23.2 Å². The summed E-state index contributed by atoms with van der Waals surface area (Å²) in [6, 6.07) is 17.8. The minimum absolute atomic E-state index is 0.133. The van der Waals surface area contributed by atoms with Gasteiger partial charge >= 0.3 is 6.18 Å². The lowest BCUT2D eigenvalue weighted by Gasteiger charge is -2.29. The molecule has 0 amide bonds. The summed E-state index contributed by atoms with van der Waals surface area (Å²) in [6.07, 6.45) is -2.14. The molecule has 3 nitrogen and oxygen atoms in total. The van der Waals surface area contributed by atoms with Gasteiger partial charge < -0.3 is 14.4 Å². The second-order valence-corrected chi connectivity index (χ2v) is 9.08. The maximum atomic E-state index is 13.6. The van der Waals surface area contributed by atoms with Crippen LogP contribution in [0.3, 0.4) is 0 Å². The van der Waals surface area contributed by atoms with Crippen LogP contribution in [0.2, 0.25) is 0 Å². The van der Waals surface area contributed by atoms with E-state index in [0.717, 1.165) is 60.0 Å². The predicted molar refractivity (Wildman–Crippen MR) is 132 cm³/mol. The van der Waals surface area contributed by atoms with Gasteiger partial charge in [-0.25, -0.2) is 4.39 Å². The molecule has 1 saturated heterocycles. The number of benzene rings is 3. The lowest BCUT2D eigenvalue weighted by atomic mass is 9.94. The van der Waals surface area contributed by atoms with E-state index in [1.807, 2.05) is 12.1 Å². The highest BCUT2D eigenvalue weighted by Gasteiger charge is 2.32. The van der Waals surface area contributed by atoms with Gasteiger partial charge in [0.2, 0.25) is 0 Å². The summed E-state index contributed by atoms with van der Waals surface area (Å²) in [5.74, 6) is 0.0418. The molecule has 36 heavy (non-hydrogen) atoms. The number of hydrogen-bond acceptors (Lipinski definition) is 3. The Balaban J connectivity index is 1.52. The van der Waals surface area contributed by atoms with Crippen LogP contribution in [-0.2, 0) is 17.5 Å². The Morgan fingerprint density at radius 1 is 0.861 bits per heavy atom. The molecule has 1 aliphatic heterocycles. The van der Waals surface area contributed by atoms with Crippen molar-refractivity contribution in [1.82, 2.24) is 0 Å². The Labute approximate surface area is 208 Å². The number of nitrogens with zero attached hydrogens (tertiary/aromatic N) is 1. The molecule has 0 radical (unpaired) electrons. The molecule has 3 aromatic rings. The minimum Gasteiger partial charge on any atom is -0.488 e. The van der Waals surface area contributed by atoms with Gasteiger partial charge in [0.15, 0.2) is 0 Å². The number of allylic oxidation sites excluding steroid dienone is 2. The molecule has 1 fully saturated rings. The van der Waals surface area contributed by atoms with Crippen LogP contribution in [0.5, 0.6) is 5.75 Å². The van der Waals surface area contributed by atoms with E-state index < -0.39 is 11.7 Å². The molecule has 0 N–H and O–H groups in total. The average molecular weight is 498 g/mol. The lowest BCUT2D eigenvalue weighted by Crippen LogP contribution is -2.36. The van der Waals surface area contributed by atoms with E-state index in [4.69, 9.17) is 9.47 Å². The third kappa shape index (κ3) is 5.41. The van der Waals surface area contributed by atoms with E-state index in [2.05, 4.69) is 17.0 Å². The molecule has 5 rings (SSSR count). The first kappa shape index (κ1) is 24.4. The molecule has 0 spiro atoms. The molecule has 2 aliphatic rings. The van der Waals surface area contributed by atoms with Crippen LogP contribution in [-0.4, -0.2) is 26.3 Å². The molecule has 0 aromatic heterocycles. The molecule has 0 atom stereocenters. The van der Waals surface area contributed by atoms with E-state index in [9.17, 15) is 17.6 Å². The molecular formula is C29H27F4NO2. The fraction of sp³-hybridized carbons (Fsp3) is 0.310. The lowest BCUT2D eigenvalue weighted by molar-refractivity contribution is -0.137. The Morgan fingerprint density at radius 2 is 1.61 bits per heavy atom. The normalized spacial score (nSPS) is 16.5. The summed E-state index contributed by atoms with van der Waals surface area (Å²) in [5, 5.41) is 0. The maximum Gasteiger partial charge on any atom is 0.416 e. The molecule has 0 unspecified atom stereocenters. The minimum atomic E-state index is -4.46. The van der Waals surface area contributed by atoms with Gasteiger partial charge in [-0.05, 0) is 84.0 Å². The van der Waals surface area contributed by atoms with Crippen LogP contribution in [0, 0.1) is 5.82 Å². The van der Waals surface area contributed by atoms with Gasteiger partial charge in [0.1, 0.15) is 18.2 Å². The fourth-order valence-electron chi connectivity index (χ4n) is 4.88. The van der Waals surface area contributed by atoms with Crippen molar-refractivity contribution in [3.63, 3.8) is 0 Å². The highest BCUT2D eigenvalue weighted by molar-refractivity contribution is 5.95. The van der Waals surface area contributed by atoms with Gasteiger partial charge in [-0.3, -0.25) is 0 Å². The molecule has 7 heteroatoms. The Hall–Kier alpha value is -3.32. The van der Waals surface area contributed by atoms with Crippen molar-refractivity contribution in [2.24, 2.45) is 0 Å².